The van der Waals surface area contributed by atoms with Crippen LogP contribution in [-0.2, 0) is 14.8 Å². The number of nitrogens with one attached hydrogen (secondary N) is 2. The number of hydrogen-bond donors (Lipinski definition) is 3. The first-order valence-corrected chi connectivity index (χ1v) is 7.80. The molecule has 2 rings (SSSR count). The van der Waals surface area contributed by atoms with Crippen molar-refractivity contribution in [3.8, 4) is 0 Å². The third-order valence-corrected chi connectivity index (χ3v) is 5.39. The van der Waals surface area contributed by atoms with Crippen molar-refractivity contribution in [2.45, 2.75) is 23.1 Å². The molecule has 0 atom stereocenters. The van der Waals surface area contributed by atoms with E-state index in [1.54, 1.807) is 0 Å². The number of carbonyl (C=O) groups excluding carboxylic acids is 1. The van der Waals surface area contributed by atoms with E-state index < -0.39 is 16.0 Å². The molecule has 0 aliphatic heterocycles. The highest BCUT2D eigenvalue weighted by atomic mass is 32.2. The van der Waals surface area contributed by atoms with Crippen LogP contribution in [0.1, 0.15) is 22.5 Å². The molecule has 1 fully saturated rings. The Balaban J connectivity index is 1.96. The highest BCUT2D eigenvalue weighted by Gasteiger charge is 2.24. The molecule has 104 valence electrons. The predicted molar refractivity (Wildman–Crippen MR) is 67.6 cm³/mol. The number of amides is 1. The van der Waals surface area contributed by atoms with Gasteiger partial charge in [0.15, 0.2) is 0 Å². The summed E-state index contributed by atoms with van der Waals surface area (Å²) in [6, 6.07) is 2.58. The number of carboxylic acids is 1. The average Bonchev–Trinajstić information content (AvgIpc) is 2.97. The van der Waals surface area contributed by atoms with Crippen molar-refractivity contribution in [2.24, 2.45) is 0 Å². The maximum absolute atomic E-state index is 11.8. The Morgan fingerprint density at radius 3 is 2.58 bits per heavy atom. The zero-order chi connectivity index (χ0) is 14.0. The summed E-state index contributed by atoms with van der Waals surface area (Å²) < 4.78 is 25.6. The lowest BCUT2D eigenvalue weighted by Gasteiger charge is -2.05. The van der Waals surface area contributed by atoms with Crippen LogP contribution in [0.4, 0.5) is 0 Å². The predicted octanol–water partition coefficient (Wildman–Crippen LogP) is 0.00320. The highest BCUT2D eigenvalue weighted by molar-refractivity contribution is 7.91. The molecule has 9 heteroatoms. The van der Waals surface area contributed by atoms with Crippen LogP contribution < -0.4 is 10.0 Å². The molecule has 0 radical (unpaired) electrons. The van der Waals surface area contributed by atoms with E-state index in [1.165, 1.54) is 12.1 Å². The number of rotatable bonds is 6. The largest absolute Gasteiger partial charge is 0.477 e. The third kappa shape index (κ3) is 3.75. The van der Waals surface area contributed by atoms with E-state index in [-0.39, 0.29) is 27.6 Å². The fourth-order valence-electron chi connectivity index (χ4n) is 1.32. The van der Waals surface area contributed by atoms with Crippen LogP contribution in [0.5, 0.6) is 0 Å². The van der Waals surface area contributed by atoms with Crippen LogP contribution in [-0.4, -0.2) is 38.0 Å². The van der Waals surface area contributed by atoms with Gasteiger partial charge in [0.2, 0.25) is 5.91 Å². The average molecular weight is 304 g/mol. The van der Waals surface area contributed by atoms with Crippen LogP contribution in [0.25, 0.3) is 0 Å². The second kappa shape index (κ2) is 5.27. The van der Waals surface area contributed by atoms with Gasteiger partial charge in [-0.15, -0.1) is 11.3 Å². The summed E-state index contributed by atoms with van der Waals surface area (Å²) in [5.41, 5.74) is 0. The molecule has 1 amide bonds. The molecule has 19 heavy (non-hydrogen) atoms. The molecule has 0 aromatic carbocycles. The van der Waals surface area contributed by atoms with Crippen molar-refractivity contribution in [1.82, 2.24) is 10.0 Å². The molecule has 0 spiro atoms. The molecule has 0 saturated heterocycles. The zero-order valence-corrected chi connectivity index (χ0v) is 11.4. The standard InChI is InChI=1S/C10H12N2O5S2/c13-8(12-6-1-2-6)5-11-19(16,17)9-4-3-7(18-9)10(14)15/h3-4,6,11H,1-2,5H2,(H,12,13)(H,14,15). The second-order valence-electron chi connectivity index (χ2n) is 4.09. The fourth-order valence-corrected chi connectivity index (χ4v) is 3.49. The van der Waals surface area contributed by atoms with Gasteiger partial charge >= 0.3 is 5.97 Å². The number of carboxylic acid groups (broad SMARTS) is 1. The summed E-state index contributed by atoms with van der Waals surface area (Å²) in [6.45, 7) is -0.348. The van der Waals surface area contributed by atoms with E-state index in [9.17, 15) is 18.0 Å². The molecule has 0 bridgehead atoms. The summed E-state index contributed by atoms with van der Waals surface area (Å²) in [6.07, 6.45) is 1.84. The van der Waals surface area contributed by atoms with Gasteiger partial charge in [0.05, 0.1) is 6.54 Å². The Hall–Kier alpha value is -1.45. The van der Waals surface area contributed by atoms with Gasteiger partial charge in [-0.25, -0.2) is 17.9 Å². The van der Waals surface area contributed by atoms with Crippen LogP contribution in [0.15, 0.2) is 16.3 Å². The first kappa shape index (κ1) is 14.0. The Labute approximate surface area is 113 Å². The molecule has 0 unspecified atom stereocenters. The number of hydrogen-bond acceptors (Lipinski definition) is 5. The quantitative estimate of drug-likeness (QED) is 0.685. The molecule has 1 aromatic rings. The van der Waals surface area contributed by atoms with E-state index in [0.29, 0.717) is 11.3 Å². The molecular formula is C10H12N2O5S2. The Morgan fingerprint density at radius 2 is 2.05 bits per heavy atom. The lowest BCUT2D eigenvalue weighted by Crippen LogP contribution is -2.37. The van der Waals surface area contributed by atoms with Gasteiger partial charge in [0.25, 0.3) is 10.0 Å². The second-order valence-corrected chi connectivity index (χ2v) is 7.17. The first-order valence-electron chi connectivity index (χ1n) is 5.50. The minimum atomic E-state index is -3.84. The van der Waals surface area contributed by atoms with Crippen molar-refractivity contribution in [2.75, 3.05) is 6.54 Å². The van der Waals surface area contributed by atoms with Crippen molar-refractivity contribution < 1.29 is 23.1 Å². The first-order chi connectivity index (χ1) is 8.88. The summed E-state index contributed by atoms with van der Waals surface area (Å²) >= 11 is 0.644. The van der Waals surface area contributed by atoms with Gasteiger partial charge in [0.1, 0.15) is 9.09 Å². The van der Waals surface area contributed by atoms with E-state index in [0.717, 1.165) is 12.8 Å². The maximum atomic E-state index is 11.8. The van der Waals surface area contributed by atoms with Gasteiger partial charge in [-0.3, -0.25) is 4.79 Å². The molecule has 1 aliphatic carbocycles. The van der Waals surface area contributed by atoms with Crippen LogP contribution in [0.3, 0.4) is 0 Å². The lowest BCUT2D eigenvalue weighted by molar-refractivity contribution is -0.120. The summed E-state index contributed by atoms with van der Waals surface area (Å²) in [4.78, 5) is 22.0. The van der Waals surface area contributed by atoms with Crippen molar-refractivity contribution >= 4 is 33.2 Å². The minimum Gasteiger partial charge on any atom is -0.477 e. The van der Waals surface area contributed by atoms with Gasteiger partial charge in [-0.05, 0) is 25.0 Å². The summed E-state index contributed by atoms with van der Waals surface area (Å²) in [5.74, 6) is -1.57. The Kier molecular flexibility index (Phi) is 3.88. The van der Waals surface area contributed by atoms with Gasteiger partial charge in [-0.2, -0.15) is 0 Å². The van der Waals surface area contributed by atoms with E-state index >= 15 is 0 Å². The van der Waals surface area contributed by atoms with Crippen LogP contribution >= 0.6 is 11.3 Å². The van der Waals surface area contributed by atoms with Crippen molar-refractivity contribution in [3.63, 3.8) is 0 Å². The Bertz CT molecular complexity index is 603. The SMILES string of the molecule is O=C(CNS(=O)(=O)c1ccc(C(=O)O)s1)NC1CC1. The smallest absolute Gasteiger partial charge is 0.345 e. The summed E-state index contributed by atoms with van der Waals surface area (Å²) in [7, 11) is -3.84. The van der Waals surface area contributed by atoms with E-state index in [4.69, 9.17) is 5.11 Å². The number of aromatic carboxylic acids is 1. The van der Waals surface area contributed by atoms with Crippen molar-refractivity contribution in [1.29, 1.82) is 0 Å². The highest BCUT2D eigenvalue weighted by Crippen LogP contribution is 2.21. The molecule has 1 saturated carbocycles. The van der Waals surface area contributed by atoms with Gasteiger partial charge in [-0.1, -0.05) is 0 Å². The molecular weight excluding hydrogens is 292 g/mol. The number of thiophene rings is 1. The zero-order valence-electron chi connectivity index (χ0n) is 9.75. The minimum absolute atomic E-state index is 0.0668. The van der Waals surface area contributed by atoms with E-state index in [1.807, 2.05) is 0 Å². The van der Waals surface area contributed by atoms with Crippen LogP contribution in [0, 0.1) is 0 Å². The molecule has 1 aliphatic rings. The Morgan fingerprint density at radius 1 is 1.37 bits per heavy atom. The van der Waals surface area contributed by atoms with Gasteiger partial charge < -0.3 is 10.4 Å². The van der Waals surface area contributed by atoms with Crippen LogP contribution in [0.2, 0.25) is 0 Å². The third-order valence-electron chi connectivity index (χ3n) is 2.42. The number of sulfonamides is 1. The lowest BCUT2D eigenvalue weighted by atomic mass is 10.5. The molecule has 3 N–H and O–H groups in total. The number of carbonyl (C=O) groups is 2. The van der Waals surface area contributed by atoms with E-state index in [2.05, 4.69) is 10.0 Å². The normalized spacial score (nSPS) is 15.2. The fraction of sp³-hybridized carbons (Fsp3) is 0.400. The maximum Gasteiger partial charge on any atom is 0.345 e. The topological polar surface area (TPSA) is 113 Å². The summed E-state index contributed by atoms with van der Waals surface area (Å²) in [5, 5.41) is 11.4. The molecule has 1 heterocycles. The molecule has 7 nitrogen and oxygen atoms in total. The van der Waals surface area contributed by atoms with Gasteiger partial charge in [0, 0.05) is 6.04 Å². The molecule has 1 aromatic heterocycles. The van der Waals surface area contributed by atoms with Crippen molar-refractivity contribution in [3.05, 3.63) is 17.0 Å². The monoisotopic (exact) mass is 304 g/mol.